The molecule has 3 rings (SSSR count). The summed E-state index contributed by atoms with van der Waals surface area (Å²) in [6.07, 6.45) is 0.850. The van der Waals surface area contributed by atoms with Crippen LogP contribution in [-0.2, 0) is 16.0 Å². The molecule has 0 radical (unpaired) electrons. The van der Waals surface area contributed by atoms with Gasteiger partial charge in [0.2, 0.25) is 0 Å². The Kier molecular flexibility index (Phi) is 7.80. The Balaban J connectivity index is 1.44. The Morgan fingerprint density at radius 2 is 1.42 bits per heavy atom. The van der Waals surface area contributed by atoms with Gasteiger partial charge >= 0.3 is 0 Å². The van der Waals surface area contributed by atoms with E-state index in [9.17, 15) is 9.59 Å². The molecule has 0 atom stereocenters. The number of carbonyl (C=O) groups excluding carboxylic acids is 2. The first-order chi connectivity index (χ1) is 14.9. The number of benzene rings is 2. The molecule has 7 heteroatoms. The number of nitrogens with zero attached hydrogens (tertiary/aromatic N) is 2. The van der Waals surface area contributed by atoms with Gasteiger partial charge in [0.1, 0.15) is 11.5 Å². The van der Waals surface area contributed by atoms with Crippen LogP contribution in [-0.4, -0.2) is 61.0 Å². The van der Waals surface area contributed by atoms with Crippen LogP contribution >= 0.6 is 11.6 Å². The summed E-state index contributed by atoms with van der Waals surface area (Å²) >= 11 is 6.17. The summed E-state index contributed by atoms with van der Waals surface area (Å²) in [4.78, 5) is 28.5. The summed E-state index contributed by atoms with van der Waals surface area (Å²) in [5, 5.41) is 0.710. The molecule has 0 bridgehead atoms. The van der Waals surface area contributed by atoms with Crippen LogP contribution in [0.4, 0.5) is 0 Å². The van der Waals surface area contributed by atoms with E-state index in [1.165, 1.54) is 0 Å². The molecule has 0 N–H and O–H groups in total. The van der Waals surface area contributed by atoms with E-state index in [0.717, 1.165) is 28.9 Å². The van der Waals surface area contributed by atoms with Gasteiger partial charge in [-0.3, -0.25) is 9.59 Å². The minimum Gasteiger partial charge on any atom is -0.484 e. The van der Waals surface area contributed by atoms with Gasteiger partial charge < -0.3 is 19.3 Å². The van der Waals surface area contributed by atoms with Crippen LogP contribution in [0.25, 0.3) is 0 Å². The lowest BCUT2D eigenvalue weighted by molar-refractivity contribution is -0.141. The van der Waals surface area contributed by atoms with Gasteiger partial charge in [0.15, 0.2) is 13.2 Å². The van der Waals surface area contributed by atoms with Gasteiger partial charge in [0.25, 0.3) is 11.8 Å². The molecule has 0 saturated carbocycles. The highest BCUT2D eigenvalue weighted by Crippen LogP contribution is 2.26. The van der Waals surface area contributed by atoms with E-state index < -0.39 is 0 Å². The molecule has 1 aliphatic heterocycles. The van der Waals surface area contributed by atoms with Gasteiger partial charge in [-0.25, -0.2) is 0 Å². The van der Waals surface area contributed by atoms with Gasteiger partial charge in [-0.1, -0.05) is 36.7 Å². The first kappa shape index (κ1) is 22.9. The Morgan fingerprint density at radius 3 is 1.97 bits per heavy atom. The van der Waals surface area contributed by atoms with E-state index >= 15 is 0 Å². The second-order valence-corrected chi connectivity index (χ2v) is 8.05. The first-order valence-corrected chi connectivity index (χ1v) is 10.9. The van der Waals surface area contributed by atoms with Gasteiger partial charge in [-0.15, -0.1) is 0 Å². The molecule has 31 heavy (non-hydrogen) atoms. The summed E-state index contributed by atoms with van der Waals surface area (Å²) < 4.78 is 11.4. The number of halogens is 1. The SMILES string of the molecule is CCc1ccccc1OCC(=O)N1CCN(C(=O)COc2cc(C)c(Cl)c(C)c2)CC1. The second-order valence-electron chi connectivity index (χ2n) is 7.67. The Labute approximate surface area is 188 Å². The third-order valence-electron chi connectivity index (χ3n) is 5.46. The van der Waals surface area contributed by atoms with Gasteiger partial charge in [0.05, 0.1) is 0 Å². The molecule has 0 aromatic heterocycles. The highest BCUT2D eigenvalue weighted by molar-refractivity contribution is 6.32. The van der Waals surface area contributed by atoms with Crippen molar-refractivity contribution in [2.75, 3.05) is 39.4 Å². The summed E-state index contributed by atoms with van der Waals surface area (Å²) in [5.41, 5.74) is 2.91. The van der Waals surface area contributed by atoms with Crippen LogP contribution in [0.5, 0.6) is 11.5 Å². The van der Waals surface area contributed by atoms with E-state index in [-0.39, 0.29) is 25.0 Å². The average molecular weight is 445 g/mol. The fraction of sp³-hybridized carbons (Fsp3) is 0.417. The molecule has 0 unspecified atom stereocenters. The molecular formula is C24H29ClN2O4. The van der Waals surface area contributed by atoms with Crippen molar-refractivity contribution in [3.63, 3.8) is 0 Å². The maximum atomic E-state index is 12.5. The van der Waals surface area contributed by atoms with Crippen LogP contribution in [0.3, 0.4) is 0 Å². The second kappa shape index (κ2) is 10.5. The normalized spacial score (nSPS) is 13.8. The zero-order valence-corrected chi connectivity index (χ0v) is 19.1. The third-order valence-corrected chi connectivity index (χ3v) is 6.06. The molecule has 1 fully saturated rings. The van der Waals surface area contributed by atoms with Crippen molar-refractivity contribution >= 4 is 23.4 Å². The molecule has 2 aromatic carbocycles. The Morgan fingerprint density at radius 1 is 0.903 bits per heavy atom. The van der Waals surface area contributed by atoms with Crippen molar-refractivity contribution in [2.24, 2.45) is 0 Å². The van der Waals surface area contributed by atoms with Crippen molar-refractivity contribution < 1.29 is 19.1 Å². The highest BCUT2D eigenvalue weighted by Gasteiger charge is 2.24. The number of piperazine rings is 1. The zero-order valence-electron chi connectivity index (χ0n) is 18.3. The van der Waals surface area contributed by atoms with E-state index in [1.807, 2.05) is 50.2 Å². The van der Waals surface area contributed by atoms with Crippen LogP contribution in [0.15, 0.2) is 36.4 Å². The summed E-state index contributed by atoms with van der Waals surface area (Å²) in [6.45, 7) is 7.78. The molecule has 0 spiro atoms. The van der Waals surface area contributed by atoms with Gasteiger partial charge in [0, 0.05) is 31.2 Å². The number of ether oxygens (including phenoxy) is 2. The van der Waals surface area contributed by atoms with Crippen LogP contribution in [0.2, 0.25) is 5.02 Å². The fourth-order valence-corrected chi connectivity index (χ4v) is 3.71. The number of aryl methyl sites for hydroxylation is 3. The largest absolute Gasteiger partial charge is 0.484 e. The molecule has 166 valence electrons. The average Bonchev–Trinajstić information content (AvgIpc) is 2.79. The summed E-state index contributed by atoms with van der Waals surface area (Å²) in [6, 6.07) is 11.4. The van der Waals surface area contributed by atoms with Crippen LogP contribution in [0.1, 0.15) is 23.6 Å². The fourth-order valence-electron chi connectivity index (χ4n) is 3.60. The van der Waals surface area contributed by atoms with Crippen molar-refractivity contribution in [3.05, 3.63) is 58.1 Å². The van der Waals surface area contributed by atoms with Crippen LogP contribution < -0.4 is 9.47 Å². The van der Waals surface area contributed by atoms with Crippen molar-refractivity contribution in [1.82, 2.24) is 9.80 Å². The van der Waals surface area contributed by atoms with Crippen molar-refractivity contribution in [1.29, 1.82) is 0 Å². The molecular weight excluding hydrogens is 416 g/mol. The van der Waals surface area contributed by atoms with Gasteiger partial charge in [-0.05, 0) is 55.2 Å². The van der Waals surface area contributed by atoms with Gasteiger partial charge in [-0.2, -0.15) is 0 Å². The first-order valence-electron chi connectivity index (χ1n) is 10.5. The minimum atomic E-state index is -0.0921. The van der Waals surface area contributed by atoms with E-state index in [1.54, 1.807) is 9.80 Å². The number of hydrogen-bond donors (Lipinski definition) is 0. The summed E-state index contributed by atoms with van der Waals surface area (Å²) in [5.74, 6) is 1.22. The van der Waals surface area contributed by atoms with E-state index in [0.29, 0.717) is 37.0 Å². The number of carbonyl (C=O) groups is 2. The molecule has 2 aromatic rings. The van der Waals surface area contributed by atoms with E-state index in [2.05, 4.69) is 6.92 Å². The standard InChI is InChI=1S/C24H29ClN2O4/c1-4-19-7-5-6-8-21(19)31-16-23(29)27-11-9-26(10-12-27)22(28)15-30-20-13-17(2)24(25)18(3)14-20/h5-8,13-14H,4,9-12,15-16H2,1-3H3. The van der Waals surface area contributed by atoms with E-state index in [4.69, 9.17) is 21.1 Å². The molecule has 6 nitrogen and oxygen atoms in total. The molecule has 1 heterocycles. The minimum absolute atomic E-state index is 0.00331. The lowest BCUT2D eigenvalue weighted by atomic mass is 10.1. The predicted molar refractivity (Wildman–Crippen MR) is 121 cm³/mol. The van der Waals surface area contributed by atoms with Crippen LogP contribution in [0, 0.1) is 13.8 Å². The number of para-hydroxylation sites is 1. The molecule has 0 aliphatic carbocycles. The quantitative estimate of drug-likeness (QED) is 0.654. The topological polar surface area (TPSA) is 59.1 Å². The molecule has 1 saturated heterocycles. The maximum Gasteiger partial charge on any atom is 0.260 e. The number of hydrogen-bond acceptors (Lipinski definition) is 4. The number of rotatable bonds is 7. The molecule has 2 amide bonds. The maximum absolute atomic E-state index is 12.5. The molecule has 1 aliphatic rings. The Hall–Kier alpha value is -2.73. The van der Waals surface area contributed by atoms with Crippen molar-refractivity contribution in [2.45, 2.75) is 27.2 Å². The monoisotopic (exact) mass is 444 g/mol. The summed E-state index contributed by atoms with van der Waals surface area (Å²) in [7, 11) is 0. The highest BCUT2D eigenvalue weighted by atomic mass is 35.5. The predicted octanol–water partition coefficient (Wildman–Crippen LogP) is 3.65. The Bertz CT molecular complexity index is 916. The lowest BCUT2D eigenvalue weighted by Gasteiger charge is -2.34. The number of amides is 2. The van der Waals surface area contributed by atoms with Crippen molar-refractivity contribution in [3.8, 4) is 11.5 Å². The smallest absolute Gasteiger partial charge is 0.260 e. The third kappa shape index (κ3) is 5.91. The lowest BCUT2D eigenvalue weighted by Crippen LogP contribution is -2.52. The zero-order chi connectivity index (χ0) is 22.4.